The fourth-order valence-electron chi connectivity index (χ4n) is 3.65. The summed E-state index contributed by atoms with van der Waals surface area (Å²) in [4.78, 5) is 2.24. The van der Waals surface area contributed by atoms with Crippen LogP contribution in [-0.4, -0.2) is 41.7 Å². The molecule has 0 aliphatic heterocycles. The summed E-state index contributed by atoms with van der Waals surface area (Å²) < 4.78 is 115. The largest absolute Gasteiger partial charge is 0.488 e. The Morgan fingerprint density at radius 2 is 0.929 bits per heavy atom. The maximum Gasteiger partial charge on any atom is 0.432 e. The molecule has 0 saturated heterocycles. The summed E-state index contributed by atoms with van der Waals surface area (Å²) >= 11 is 0. The number of hydrogen-bond acceptors (Lipinski definition) is 5. The summed E-state index contributed by atoms with van der Waals surface area (Å²) in [6.45, 7) is 11.4. The second-order valence-electron chi connectivity index (χ2n) is 11.2. The molecule has 0 bridgehead atoms. The highest BCUT2D eigenvalue weighted by Crippen LogP contribution is 2.40. The number of alkyl halides is 5. The Bertz CT molecular complexity index is 1380. The molecule has 0 saturated carbocycles. The lowest BCUT2D eigenvalue weighted by molar-refractivity contribution is -0.239. The maximum absolute atomic E-state index is 14.0. The number of halogens is 5. The molecule has 1 unspecified atom stereocenters. The smallest absolute Gasteiger partial charge is 0.432 e. The molecule has 3 rings (SSSR count). The second kappa shape index (κ2) is 11.9. The van der Waals surface area contributed by atoms with Crippen molar-refractivity contribution in [3.63, 3.8) is 0 Å². The van der Waals surface area contributed by atoms with E-state index < -0.39 is 55.5 Å². The topological polar surface area (TPSA) is 82.1 Å². The van der Waals surface area contributed by atoms with Gasteiger partial charge in [-0.2, -0.15) is 30.4 Å². The lowest BCUT2D eigenvalue weighted by Crippen LogP contribution is -2.53. The molecule has 1 N–H and O–H groups in total. The molecule has 0 aromatic heterocycles. The van der Waals surface area contributed by atoms with Crippen LogP contribution in [0.3, 0.4) is 0 Å². The van der Waals surface area contributed by atoms with E-state index in [0.717, 1.165) is 21.9 Å². The van der Waals surface area contributed by atoms with E-state index >= 15 is 0 Å². The van der Waals surface area contributed by atoms with E-state index in [2.05, 4.69) is 4.74 Å². The van der Waals surface area contributed by atoms with Gasteiger partial charge in [0.2, 0.25) is 0 Å². The number of hydrogen-bond donors (Lipinski definition) is 1. The SMILES string of the molecule is CC(C)(C)Oc1ccc([S+](c2ccc(OC(C(F)(F)F)C(F)(F)S(=O)(=O)O)cc2)c2ccc(OC(C)(C)C)cc2)cc1. The molecular formula is C29H32F5O6S2+. The Morgan fingerprint density at radius 1 is 0.619 bits per heavy atom. The monoisotopic (exact) mass is 635 g/mol. The first-order valence-corrected chi connectivity index (χ1v) is 15.2. The summed E-state index contributed by atoms with van der Waals surface area (Å²) in [5.74, 6) is 0.589. The second-order valence-corrected chi connectivity index (χ2v) is 14.7. The van der Waals surface area contributed by atoms with Gasteiger partial charge < -0.3 is 14.2 Å². The molecular weight excluding hydrogens is 603 g/mol. The molecule has 230 valence electrons. The average molecular weight is 636 g/mol. The van der Waals surface area contributed by atoms with Gasteiger partial charge in [-0.15, -0.1) is 0 Å². The van der Waals surface area contributed by atoms with Crippen LogP contribution in [0.2, 0.25) is 0 Å². The first-order chi connectivity index (χ1) is 19.1. The van der Waals surface area contributed by atoms with Crippen LogP contribution in [0.1, 0.15) is 41.5 Å². The van der Waals surface area contributed by atoms with Crippen molar-refractivity contribution < 1.29 is 49.1 Å². The summed E-state index contributed by atoms with van der Waals surface area (Å²) in [5, 5.41) is -5.64. The Balaban J connectivity index is 2.01. The predicted molar refractivity (Wildman–Crippen MR) is 149 cm³/mol. The number of ether oxygens (including phenoxy) is 3. The van der Waals surface area contributed by atoms with Crippen molar-refractivity contribution in [2.45, 2.75) is 85.0 Å². The number of benzene rings is 3. The quantitative estimate of drug-likeness (QED) is 0.146. The van der Waals surface area contributed by atoms with Gasteiger partial charge in [0, 0.05) is 0 Å². The minimum absolute atomic E-state index is 0.428. The molecule has 13 heteroatoms. The van der Waals surface area contributed by atoms with E-state index in [0.29, 0.717) is 16.4 Å². The number of rotatable bonds is 9. The van der Waals surface area contributed by atoms with E-state index in [1.54, 1.807) is 24.3 Å². The molecule has 6 nitrogen and oxygen atoms in total. The van der Waals surface area contributed by atoms with Crippen molar-refractivity contribution in [1.82, 2.24) is 0 Å². The predicted octanol–water partition coefficient (Wildman–Crippen LogP) is 7.93. The fourth-order valence-corrected chi connectivity index (χ4v) is 6.15. The maximum atomic E-state index is 14.0. The van der Waals surface area contributed by atoms with Crippen LogP contribution in [0, 0.1) is 0 Å². The average Bonchev–Trinajstić information content (AvgIpc) is 2.82. The van der Waals surface area contributed by atoms with Crippen LogP contribution in [0.5, 0.6) is 17.2 Å². The van der Waals surface area contributed by atoms with Gasteiger partial charge in [0.25, 0.3) is 6.10 Å². The summed E-state index contributed by atoms with van der Waals surface area (Å²) in [6.07, 6.45) is -9.94. The lowest BCUT2D eigenvalue weighted by atomic mass is 10.2. The van der Waals surface area contributed by atoms with Crippen molar-refractivity contribution in [3.05, 3.63) is 72.8 Å². The third kappa shape index (κ3) is 8.74. The molecule has 0 fully saturated rings. The van der Waals surface area contributed by atoms with Crippen molar-refractivity contribution >= 4 is 21.0 Å². The molecule has 3 aromatic rings. The highest BCUT2D eigenvalue weighted by Gasteiger charge is 2.65. The molecule has 0 aliphatic carbocycles. The van der Waals surface area contributed by atoms with Gasteiger partial charge in [-0.25, -0.2) is 0 Å². The van der Waals surface area contributed by atoms with Crippen molar-refractivity contribution in [2.75, 3.05) is 0 Å². The fraction of sp³-hybridized carbons (Fsp3) is 0.379. The summed E-state index contributed by atoms with van der Waals surface area (Å²) in [6, 6.07) is 19.4. The van der Waals surface area contributed by atoms with Gasteiger partial charge >= 0.3 is 21.5 Å². The molecule has 0 spiro atoms. The van der Waals surface area contributed by atoms with E-state index in [1.807, 2.05) is 65.8 Å². The third-order valence-electron chi connectivity index (χ3n) is 5.23. The molecule has 0 heterocycles. The minimum atomic E-state index is -6.43. The highest BCUT2D eigenvalue weighted by atomic mass is 32.2. The van der Waals surface area contributed by atoms with E-state index in [9.17, 15) is 30.4 Å². The van der Waals surface area contributed by atoms with Gasteiger partial charge in [0.15, 0.2) is 14.7 Å². The zero-order valence-electron chi connectivity index (χ0n) is 23.7. The minimum Gasteiger partial charge on any atom is -0.488 e. The van der Waals surface area contributed by atoms with Gasteiger partial charge in [-0.1, -0.05) is 0 Å². The van der Waals surface area contributed by atoms with Crippen LogP contribution in [0.15, 0.2) is 87.5 Å². The first-order valence-electron chi connectivity index (χ1n) is 12.6. The molecule has 3 aromatic carbocycles. The standard InChI is InChI=1S/C29H31F5O6S2/c1-26(2,3)39-20-9-15-23(16-10-20)41(24-17-11-21(12-18-24)40-27(4,5)6)22-13-7-19(8-14-22)38-25(28(30,31)32)29(33,34)42(35,36)37/h7-18,25H,1-6H3/p+1. The van der Waals surface area contributed by atoms with Gasteiger partial charge in [-0.05, 0) is 114 Å². The normalized spacial score (nSPS) is 14.0. The summed E-state index contributed by atoms with van der Waals surface area (Å²) in [5.41, 5.74) is -0.856. The Morgan fingerprint density at radius 3 is 1.19 bits per heavy atom. The van der Waals surface area contributed by atoms with Crippen molar-refractivity contribution in [1.29, 1.82) is 0 Å². The van der Waals surface area contributed by atoms with Crippen LogP contribution in [0.25, 0.3) is 0 Å². The van der Waals surface area contributed by atoms with Gasteiger partial charge in [0.05, 0.1) is 10.9 Å². The van der Waals surface area contributed by atoms with Gasteiger partial charge in [-0.3, -0.25) is 4.55 Å². The Kier molecular flexibility index (Phi) is 9.50. The van der Waals surface area contributed by atoms with Crippen LogP contribution in [0.4, 0.5) is 22.0 Å². The van der Waals surface area contributed by atoms with E-state index in [1.165, 1.54) is 12.1 Å². The summed E-state index contributed by atoms with van der Waals surface area (Å²) in [7, 11) is -7.25. The van der Waals surface area contributed by atoms with Crippen LogP contribution < -0.4 is 14.2 Å². The molecule has 0 radical (unpaired) electrons. The zero-order valence-corrected chi connectivity index (χ0v) is 25.3. The highest BCUT2D eigenvalue weighted by molar-refractivity contribution is 7.97. The van der Waals surface area contributed by atoms with Crippen LogP contribution >= 0.6 is 0 Å². The molecule has 0 amide bonds. The van der Waals surface area contributed by atoms with E-state index in [4.69, 9.17) is 14.0 Å². The lowest BCUT2D eigenvalue weighted by Gasteiger charge is -2.26. The zero-order chi connectivity index (χ0) is 31.7. The molecule has 42 heavy (non-hydrogen) atoms. The Hall–Kier alpha value is -3.03. The van der Waals surface area contributed by atoms with Gasteiger partial charge in [0.1, 0.15) is 28.5 Å². The molecule has 0 aliphatic rings. The Labute approximate surface area is 244 Å². The van der Waals surface area contributed by atoms with E-state index in [-0.39, 0.29) is 0 Å². The van der Waals surface area contributed by atoms with Crippen molar-refractivity contribution in [3.8, 4) is 17.2 Å². The third-order valence-corrected chi connectivity index (χ3v) is 8.36. The van der Waals surface area contributed by atoms with Crippen molar-refractivity contribution in [2.24, 2.45) is 0 Å². The molecule has 1 atom stereocenters. The van der Waals surface area contributed by atoms with Crippen LogP contribution in [-0.2, 0) is 21.0 Å². The first kappa shape index (κ1) is 33.5.